The molecule has 3 rings (SSSR count). The summed E-state index contributed by atoms with van der Waals surface area (Å²) in [6.07, 6.45) is 3.48. The van der Waals surface area contributed by atoms with E-state index < -0.39 is 0 Å². The Labute approximate surface area is 188 Å². The van der Waals surface area contributed by atoms with Crippen LogP contribution in [0.4, 0.5) is 5.69 Å². The molecule has 1 heterocycles. The van der Waals surface area contributed by atoms with Gasteiger partial charge in [-0.15, -0.1) is 0 Å². The molecule has 0 spiro atoms. The van der Waals surface area contributed by atoms with Crippen LogP contribution in [0.2, 0.25) is 0 Å². The minimum atomic E-state index is -0.0966. The zero-order valence-corrected chi connectivity index (χ0v) is 18.7. The number of anilines is 1. The largest absolute Gasteiger partial charge is 0.495 e. The minimum absolute atomic E-state index is 0.0966. The Kier molecular flexibility index (Phi) is 8.45. The quantitative estimate of drug-likeness (QED) is 0.488. The van der Waals surface area contributed by atoms with Crippen molar-refractivity contribution in [3.05, 3.63) is 78.1 Å². The van der Waals surface area contributed by atoms with Crippen molar-refractivity contribution in [1.29, 1.82) is 0 Å². The van der Waals surface area contributed by atoms with Crippen LogP contribution in [0.3, 0.4) is 0 Å². The second kappa shape index (κ2) is 11.7. The van der Waals surface area contributed by atoms with Crippen molar-refractivity contribution in [3.8, 4) is 17.2 Å². The number of benzene rings is 2. The lowest BCUT2D eigenvalue weighted by Gasteiger charge is -2.21. The number of nitrogens with one attached hydrogen (secondary N) is 1. The Morgan fingerprint density at radius 2 is 1.69 bits per heavy atom. The second-order valence-electron chi connectivity index (χ2n) is 7.18. The van der Waals surface area contributed by atoms with E-state index in [0.717, 1.165) is 17.7 Å². The van der Waals surface area contributed by atoms with E-state index in [1.807, 2.05) is 61.5 Å². The van der Waals surface area contributed by atoms with Gasteiger partial charge in [-0.3, -0.25) is 14.7 Å². The van der Waals surface area contributed by atoms with E-state index in [1.165, 1.54) is 0 Å². The van der Waals surface area contributed by atoms with Crippen molar-refractivity contribution in [3.63, 3.8) is 0 Å². The lowest BCUT2D eigenvalue weighted by molar-refractivity contribution is -0.117. The molecule has 0 saturated carbocycles. The molecular formula is C25H29N3O4. The number of ether oxygens (including phenoxy) is 3. The lowest BCUT2D eigenvalue weighted by Crippen LogP contribution is -2.32. The Balaban J connectivity index is 1.60. The number of para-hydroxylation sites is 2. The maximum atomic E-state index is 12.6. The molecule has 2 aromatic carbocycles. The van der Waals surface area contributed by atoms with Crippen LogP contribution >= 0.6 is 0 Å². The summed E-state index contributed by atoms with van der Waals surface area (Å²) >= 11 is 0. The van der Waals surface area contributed by atoms with Crippen molar-refractivity contribution >= 4 is 11.6 Å². The Hall–Kier alpha value is -3.58. The summed E-state index contributed by atoms with van der Waals surface area (Å²) < 4.78 is 16.7. The molecule has 1 aromatic heterocycles. The molecule has 0 bridgehead atoms. The first kappa shape index (κ1) is 23.1. The molecule has 0 atom stereocenters. The van der Waals surface area contributed by atoms with E-state index in [4.69, 9.17) is 14.2 Å². The average Bonchev–Trinajstić information content (AvgIpc) is 2.83. The zero-order chi connectivity index (χ0) is 22.8. The monoisotopic (exact) mass is 435 g/mol. The van der Waals surface area contributed by atoms with Gasteiger partial charge in [-0.1, -0.05) is 25.1 Å². The number of carbonyl (C=O) groups is 1. The number of carbonyl (C=O) groups excluding carboxylic acids is 1. The maximum absolute atomic E-state index is 12.6. The summed E-state index contributed by atoms with van der Waals surface area (Å²) in [5.74, 6) is 1.87. The summed E-state index contributed by atoms with van der Waals surface area (Å²) in [5.41, 5.74) is 2.72. The van der Waals surface area contributed by atoms with Gasteiger partial charge in [0.1, 0.15) is 12.4 Å². The Morgan fingerprint density at radius 1 is 0.938 bits per heavy atom. The van der Waals surface area contributed by atoms with Crippen LogP contribution in [0.1, 0.15) is 18.1 Å². The summed E-state index contributed by atoms with van der Waals surface area (Å²) in [4.78, 5) is 18.6. The number of methoxy groups -OCH3 is 2. The highest BCUT2D eigenvalue weighted by atomic mass is 16.5. The highest BCUT2D eigenvalue weighted by Gasteiger charge is 2.14. The van der Waals surface area contributed by atoms with Gasteiger partial charge in [0.25, 0.3) is 0 Å². The predicted molar refractivity (Wildman–Crippen MR) is 124 cm³/mol. The van der Waals surface area contributed by atoms with Crippen LogP contribution in [-0.4, -0.2) is 43.1 Å². The number of amides is 1. The number of rotatable bonds is 11. The van der Waals surface area contributed by atoms with E-state index in [9.17, 15) is 4.79 Å². The molecule has 7 nitrogen and oxygen atoms in total. The molecule has 3 aromatic rings. The first-order valence-corrected chi connectivity index (χ1v) is 10.5. The minimum Gasteiger partial charge on any atom is -0.495 e. The van der Waals surface area contributed by atoms with Gasteiger partial charge in [-0.2, -0.15) is 0 Å². The number of nitrogens with zero attached hydrogens (tertiary/aromatic N) is 2. The van der Waals surface area contributed by atoms with E-state index >= 15 is 0 Å². The van der Waals surface area contributed by atoms with Gasteiger partial charge < -0.3 is 19.5 Å². The van der Waals surface area contributed by atoms with Crippen LogP contribution in [0.5, 0.6) is 17.2 Å². The molecule has 0 unspecified atom stereocenters. The number of pyridine rings is 1. The van der Waals surface area contributed by atoms with E-state index in [-0.39, 0.29) is 12.5 Å². The molecule has 0 fully saturated rings. The fourth-order valence-electron chi connectivity index (χ4n) is 3.25. The third kappa shape index (κ3) is 6.46. The topological polar surface area (TPSA) is 72.9 Å². The van der Waals surface area contributed by atoms with Crippen molar-refractivity contribution in [2.24, 2.45) is 0 Å². The molecular weight excluding hydrogens is 406 g/mol. The summed E-state index contributed by atoms with van der Waals surface area (Å²) in [7, 11) is 3.21. The Morgan fingerprint density at radius 3 is 2.41 bits per heavy atom. The molecule has 0 saturated heterocycles. The van der Waals surface area contributed by atoms with Crippen LogP contribution in [0.25, 0.3) is 0 Å². The van der Waals surface area contributed by atoms with Gasteiger partial charge in [0, 0.05) is 18.9 Å². The second-order valence-corrected chi connectivity index (χ2v) is 7.18. The number of likely N-dealkylation sites (N-methyl/N-ethyl adjacent to an activating group) is 1. The third-order valence-electron chi connectivity index (χ3n) is 4.97. The molecule has 1 amide bonds. The smallest absolute Gasteiger partial charge is 0.238 e. The zero-order valence-electron chi connectivity index (χ0n) is 18.7. The lowest BCUT2D eigenvalue weighted by atomic mass is 10.2. The normalized spacial score (nSPS) is 10.6. The molecule has 0 aliphatic carbocycles. The number of hydrogen-bond acceptors (Lipinski definition) is 6. The van der Waals surface area contributed by atoms with Crippen LogP contribution in [0.15, 0.2) is 67.0 Å². The molecule has 0 aliphatic heterocycles. The van der Waals surface area contributed by atoms with Crippen LogP contribution in [0, 0.1) is 0 Å². The van der Waals surface area contributed by atoms with Gasteiger partial charge >= 0.3 is 0 Å². The first-order chi connectivity index (χ1) is 15.6. The number of hydrogen-bond donors (Lipinski definition) is 1. The fourth-order valence-corrected chi connectivity index (χ4v) is 3.25. The molecule has 1 N–H and O–H groups in total. The molecule has 0 aliphatic rings. The van der Waals surface area contributed by atoms with Crippen molar-refractivity contribution < 1.29 is 19.0 Å². The van der Waals surface area contributed by atoms with Crippen LogP contribution in [-0.2, 0) is 17.9 Å². The predicted octanol–water partition coefficient (Wildman–Crippen LogP) is 4.14. The van der Waals surface area contributed by atoms with Crippen molar-refractivity contribution in [2.75, 3.05) is 32.6 Å². The van der Waals surface area contributed by atoms with Crippen molar-refractivity contribution in [2.45, 2.75) is 20.1 Å². The fraction of sp³-hybridized carbons (Fsp3) is 0.280. The molecule has 32 heavy (non-hydrogen) atoms. The van der Waals surface area contributed by atoms with Gasteiger partial charge in [-0.05, 0) is 54.1 Å². The Bertz CT molecular complexity index is 1010. The van der Waals surface area contributed by atoms with Gasteiger partial charge in [0.15, 0.2) is 11.5 Å². The highest BCUT2D eigenvalue weighted by molar-refractivity contribution is 5.93. The van der Waals surface area contributed by atoms with Crippen LogP contribution < -0.4 is 19.5 Å². The van der Waals surface area contributed by atoms with Crippen molar-refractivity contribution in [1.82, 2.24) is 9.88 Å². The average molecular weight is 436 g/mol. The van der Waals surface area contributed by atoms with E-state index in [2.05, 4.69) is 15.2 Å². The van der Waals surface area contributed by atoms with Gasteiger partial charge in [0.2, 0.25) is 5.91 Å². The highest BCUT2D eigenvalue weighted by Crippen LogP contribution is 2.29. The standard InChI is InChI=1S/C25H29N3O4/c1-4-28(17-25(29)27-21-7-5-6-8-22(21)30-2)16-20-9-10-23(24(15-20)31-3)32-18-19-11-13-26-14-12-19/h5-15H,4,16-18H2,1-3H3,(H,27,29). The SMILES string of the molecule is CCN(CC(=O)Nc1ccccc1OC)Cc1ccc(OCc2ccncc2)c(OC)c1. The molecule has 7 heteroatoms. The molecule has 168 valence electrons. The summed E-state index contributed by atoms with van der Waals surface area (Å²) in [5, 5.41) is 2.92. The maximum Gasteiger partial charge on any atom is 0.238 e. The van der Waals surface area contributed by atoms with Gasteiger partial charge in [-0.25, -0.2) is 0 Å². The molecule has 0 radical (unpaired) electrons. The van der Waals surface area contributed by atoms with Gasteiger partial charge in [0.05, 0.1) is 26.5 Å². The van der Waals surface area contributed by atoms with E-state index in [1.54, 1.807) is 26.6 Å². The summed E-state index contributed by atoms with van der Waals surface area (Å²) in [6.45, 7) is 4.05. The first-order valence-electron chi connectivity index (χ1n) is 10.5. The summed E-state index contributed by atoms with van der Waals surface area (Å²) in [6, 6.07) is 17.0. The third-order valence-corrected chi connectivity index (χ3v) is 4.97. The number of aromatic nitrogens is 1. The van der Waals surface area contributed by atoms with E-state index in [0.29, 0.717) is 36.1 Å².